The number of halogens is 1. The lowest BCUT2D eigenvalue weighted by atomic mass is 10.2. The SMILES string of the molecule is CCOc1ccc(NC(=O)c2cc(S(=O)(=O)NCc3ccccc3OC)ccc2F)cc1. The van der Waals surface area contributed by atoms with Gasteiger partial charge in [0.1, 0.15) is 17.3 Å². The molecule has 0 heterocycles. The first-order chi connectivity index (χ1) is 15.3. The van der Waals surface area contributed by atoms with Crippen LogP contribution < -0.4 is 19.5 Å². The number of para-hydroxylation sites is 1. The van der Waals surface area contributed by atoms with Gasteiger partial charge in [-0.3, -0.25) is 4.79 Å². The van der Waals surface area contributed by atoms with Crippen LogP contribution in [0.5, 0.6) is 11.5 Å². The highest BCUT2D eigenvalue weighted by Gasteiger charge is 2.20. The molecule has 0 fully saturated rings. The van der Waals surface area contributed by atoms with Crippen molar-refractivity contribution in [3.63, 3.8) is 0 Å². The maximum absolute atomic E-state index is 14.3. The average molecular weight is 459 g/mol. The second-order valence-corrected chi connectivity index (χ2v) is 8.46. The highest BCUT2D eigenvalue weighted by atomic mass is 32.2. The van der Waals surface area contributed by atoms with Crippen LogP contribution in [0.2, 0.25) is 0 Å². The van der Waals surface area contributed by atoms with E-state index in [4.69, 9.17) is 9.47 Å². The van der Waals surface area contributed by atoms with E-state index in [2.05, 4.69) is 10.0 Å². The molecule has 0 spiro atoms. The van der Waals surface area contributed by atoms with Gasteiger partial charge in [0.15, 0.2) is 0 Å². The maximum Gasteiger partial charge on any atom is 0.258 e. The second kappa shape index (κ2) is 10.3. The molecular formula is C23H23FN2O5S. The topological polar surface area (TPSA) is 93.7 Å². The molecule has 3 aromatic carbocycles. The summed E-state index contributed by atoms with van der Waals surface area (Å²) in [7, 11) is -2.52. The number of nitrogens with one attached hydrogen (secondary N) is 2. The largest absolute Gasteiger partial charge is 0.496 e. The number of hydrogen-bond acceptors (Lipinski definition) is 5. The molecule has 2 N–H and O–H groups in total. The number of rotatable bonds is 9. The first kappa shape index (κ1) is 23.2. The Morgan fingerprint density at radius 1 is 1.03 bits per heavy atom. The van der Waals surface area contributed by atoms with E-state index in [1.165, 1.54) is 7.11 Å². The van der Waals surface area contributed by atoms with Crippen LogP contribution in [0.1, 0.15) is 22.8 Å². The summed E-state index contributed by atoms with van der Waals surface area (Å²) in [6.07, 6.45) is 0. The lowest BCUT2D eigenvalue weighted by Gasteiger charge is -2.12. The minimum Gasteiger partial charge on any atom is -0.496 e. The van der Waals surface area contributed by atoms with Crippen molar-refractivity contribution in [2.24, 2.45) is 0 Å². The first-order valence-electron chi connectivity index (χ1n) is 9.79. The van der Waals surface area contributed by atoms with Gasteiger partial charge in [-0.2, -0.15) is 0 Å². The van der Waals surface area contributed by atoms with E-state index in [-0.39, 0.29) is 17.0 Å². The monoisotopic (exact) mass is 458 g/mol. The summed E-state index contributed by atoms with van der Waals surface area (Å²) in [5.41, 5.74) is 0.661. The number of benzene rings is 3. The number of carbonyl (C=O) groups is 1. The fourth-order valence-corrected chi connectivity index (χ4v) is 3.98. The van der Waals surface area contributed by atoms with Gasteiger partial charge in [0.05, 0.1) is 24.2 Å². The van der Waals surface area contributed by atoms with Crippen LogP contribution in [0.15, 0.2) is 71.6 Å². The zero-order chi connectivity index (χ0) is 23.1. The molecule has 3 aromatic rings. The second-order valence-electron chi connectivity index (χ2n) is 6.69. The highest BCUT2D eigenvalue weighted by Crippen LogP contribution is 2.21. The Balaban J connectivity index is 1.77. The molecule has 9 heteroatoms. The third-order valence-corrected chi connectivity index (χ3v) is 5.96. The van der Waals surface area contributed by atoms with Gasteiger partial charge >= 0.3 is 0 Å². The fourth-order valence-electron chi connectivity index (χ4n) is 2.95. The van der Waals surface area contributed by atoms with E-state index < -0.39 is 21.7 Å². The van der Waals surface area contributed by atoms with Crippen molar-refractivity contribution < 1.29 is 27.1 Å². The van der Waals surface area contributed by atoms with Crippen LogP contribution in [0.3, 0.4) is 0 Å². The Hall–Kier alpha value is -3.43. The van der Waals surface area contributed by atoms with Crippen molar-refractivity contribution in [3.8, 4) is 11.5 Å². The number of hydrogen-bond donors (Lipinski definition) is 2. The van der Waals surface area contributed by atoms with Crippen LogP contribution in [0, 0.1) is 5.82 Å². The number of ether oxygens (including phenoxy) is 2. The number of anilines is 1. The smallest absolute Gasteiger partial charge is 0.258 e. The Morgan fingerprint density at radius 2 is 1.75 bits per heavy atom. The van der Waals surface area contributed by atoms with Crippen LogP contribution >= 0.6 is 0 Å². The third-order valence-electron chi connectivity index (χ3n) is 4.56. The molecule has 32 heavy (non-hydrogen) atoms. The van der Waals surface area contributed by atoms with Gasteiger partial charge in [0.2, 0.25) is 10.0 Å². The van der Waals surface area contributed by atoms with Crippen LogP contribution in [0.25, 0.3) is 0 Å². The Kier molecular flexibility index (Phi) is 7.45. The minimum atomic E-state index is -4.01. The molecule has 0 aliphatic rings. The summed E-state index contributed by atoms with van der Waals surface area (Å²) in [5, 5.41) is 2.55. The minimum absolute atomic E-state index is 0.0303. The van der Waals surface area contributed by atoms with E-state index in [9.17, 15) is 17.6 Å². The van der Waals surface area contributed by atoms with E-state index in [0.717, 1.165) is 18.2 Å². The van der Waals surface area contributed by atoms with Gasteiger partial charge in [0.25, 0.3) is 5.91 Å². The van der Waals surface area contributed by atoms with Crippen molar-refractivity contribution in [1.29, 1.82) is 0 Å². The highest BCUT2D eigenvalue weighted by molar-refractivity contribution is 7.89. The molecular weight excluding hydrogens is 435 g/mol. The molecule has 0 atom stereocenters. The number of methoxy groups -OCH3 is 1. The zero-order valence-electron chi connectivity index (χ0n) is 17.6. The molecule has 0 aromatic heterocycles. The van der Waals surface area contributed by atoms with Crippen molar-refractivity contribution in [2.45, 2.75) is 18.4 Å². The van der Waals surface area contributed by atoms with E-state index in [1.807, 2.05) is 6.92 Å². The lowest BCUT2D eigenvalue weighted by molar-refractivity contribution is 0.102. The molecule has 0 aliphatic heterocycles. The van der Waals surface area contributed by atoms with Crippen molar-refractivity contribution >= 4 is 21.6 Å². The maximum atomic E-state index is 14.3. The molecule has 3 rings (SSSR count). The summed E-state index contributed by atoms with van der Waals surface area (Å²) in [5.74, 6) is -0.443. The van der Waals surface area contributed by atoms with Crippen molar-refractivity contribution in [3.05, 3.63) is 83.7 Å². The third kappa shape index (κ3) is 5.63. The molecule has 0 saturated carbocycles. The summed E-state index contributed by atoms with van der Waals surface area (Å²) < 4.78 is 52.8. The molecule has 1 amide bonds. The Labute approximate surface area is 186 Å². The normalized spacial score (nSPS) is 11.1. The van der Waals surface area contributed by atoms with E-state index in [1.54, 1.807) is 48.5 Å². The molecule has 0 radical (unpaired) electrons. The molecule has 7 nitrogen and oxygen atoms in total. The van der Waals surface area contributed by atoms with E-state index >= 15 is 0 Å². The van der Waals surface area contributed by atoms with Gasteiger partial charge in [-0.25, -0.2) is 17.5 Å². The summed E-state index contributed by atoms with van der Waals surface area (Å²) >= 11 is 0. The van der Waals surface area contributed by atoms with Crippen LogP contribution in [-0.2, 0) is 16.6 Å². The molecule has 0 unspecified atom stereocenters. The van der Waals surface area contributed by atoms with Gasteiger partial charge < -0.3 is 14.8 Å². The lowest BCUT2D eigenvalue weighted by Crippen LogP contribution is -2.24. The summed E-state index contributed by atoms with van der Waals surface area (Å²) in [4.78, 5) is 12.3. The average Bonchev–Trinajstić information content (AvgIpc) is 2.79. The predicted octanol–water partition coefficient (Wildman–Crippen LogP) is 3.96. The van der Waals surface area contributed by atoms with Gasteiger partial charge in [0, 0.05) is 17.8 Å². The Bertz CT molecular complexity index is 1200. The fraction of sp³-hybridized carbons (Fsp3) is 0.174. The zero-order valence-corrected chi connectivity index (χ0v) is 18.4. The standard InChI is InChI=1S/C23H23FN2O5S/c1-3-31-18-10-8-17(9-11-18)26-23(27)20-14-19(12-13-21(20)24)32(28,29)25-15-16-6-4-5-7-22(16)30-2/h4-14,25H,3,15H2,1-2H3,(H,26,27). The predicted molar refractivity (Wildman–Crippen MR) is 119 cm³/mol. The molecule has 0 aliphatic carbocycles. The quantitative estimate of drug-likeness (QED) is 0.506. The van der Waals surface area contributed by atoms with Crippen LogP contribution in [0.4, 0.5) is 10.1 Å². The molecule has 168 valence electrons. The van der Waals surface area contributed by atoms with Gasteiger partial charge in [-0.05, 0) is 55.5 Å². The summed E-state index contributed by atoms with van der Waals surface area (Å²) in [6, 6.07) is 16.6. The van der Waals surface area contributed by atoms with E-state index in [0.29, 0.717) is 29.4 Å². The number of amides is 1. The first-order valence-corrected chi connectivity index (χ1v) is 11.3. The molecule has 0 bridgehead atoms. The van der Waals surface area contributed by atoms with Crippen molar-refractivity contribution in [1.82, 2.24) is 4.72 Å². The Morgan fingerprint density at radius 3 is 2.44 bits per heavy atom. The molecule has 0 saturated heterocycles. The van der Waals surface area contributed by atoms with Gasteiger partial charge in [-0.15, -0.1) is 0 Å². The number of carbonyl (C=O) groups excluding carboxylic acids is 1. The summed E-state index contributed by atoms with van der Waals surface area (Å²) in [6.45, 7) is 2.32. The number of sulfonamides is 1. The van der Waals surface area contributed by atoms with Crippen molar-refractivity contribution in [2.75, 3.05) is 19.0 Å². The van der Waals surface area contributed by atoms with Crippen LogP contribution in [-0.4, -0.2) is 28.0 Å². The van der Waals surface area contributed by atoms with Gasteiger partial charge in [-0.1, -0.05) is 18.2 Å².